The SMILES string of the molecule is CC(C)OCCOC/C(C=NCC(=O)C(C)C)=N/N. The zero-order chi connectivity index (χ0) is 14.7. The highest BCUT2D eigenvalue weighted by atomic mass is 16.5. The molecular formula is C13H25N3O3. The molecule has 0 saturated heterocycles. The minimum absolute atomic E-state index is 0.0140. The minimum atomic E-state index is -0.0140. The molecule has 0 spiro atoms. The third kappa shape index (κ3) is 10.3. The molecule has 0 unspecified atom stereocenters. The van der Waals surface area contributed by atoms with Crippen LogP contribution in [0.3, 0.4) is 0 Å². The van der Waals surface area contributed by atoms with Crippen molar-refractivity contribution in [3.8, 4) is 0 Å². The van der Waals surface area contributed by atoms with Crippen molar-refractivity contribution in [3.63, 3.8) is 0 Å². The topological polar surface area (TPSA) is 86.3 Å². The van der Waals surface area contributed by atoms with Gasteiger partial charge in [-0.3, -0.25) is 9.79 Å². The van der Waals surface area contributed by atoms with E-state index in [0.717, 1.165) is 0 Å². The van der Waals surface area contributed by atoms with Crippen molar-refractivity contribution >= 4 is 17.7 Å². The fraction of sp³-hybridized carbons (Fsp3) is 0.769. The molecule has 0 heterocycles. The third-order valence-corrected chi connectivity index (χ3v) is 2.23. The number of carbonyl (C=O) groups is 1. The number of ketones is 1. The van der Waals surface area contributed by atoms with Gasteiger partial charge in [-0.15, -0.1) is 0 Å². The molecule has 0 saturated carbocycles. The normalized spacial score (nSPS) is 12.8. The van der Waals surface area contributed by atoms with Gasteiger partial charge in [0.25, 0.3) is 0 Å². The second-order valence-corrected chi connectivity index (χ2v) is 4.68. The smallest absolute Gasteiger partial charge is 0.156 e. The van der Waals surface area contributed by atoms with Crippen LogP contribution in [0.25, 0.3) is 0 Å². The number of carbonyl (C=O) groups excluding carboxylic acids is 1. The molecule has 6 nitrogen and oxygen atoms in total. The fourth-order valence-electron chi connectivity index (χ4n) is 1.05. The number of nitrogens with two attached hydrogens (primary N) is 1. The number of Topliss-reactive ketones (excluding diaryl/α,β-unsaturated/α-hetero) is 1. The summed E-state index contributed by atoms with van der Waals surface area (Å²) in [5.74, 6) is 5.28. The molecule has 0 fully saturated rings. The van der Waals surface area contributed by atoms with Gasteiger partial charge in [-0.1, -0.05) is 13.8 Å². The van der Waals surface area contributed by atoms with E-state index < -0.39 is 0 Å². The lowest BCUT2D eigenvalue weighted by molar-refractivity contribution is -0.120. The third-order valence-electron chi connectivity index (χ3n) is 2.23. The monoisotopic (exact) mass is 271 g/mol. The van der Waals surface area contributed by atoms with Crippen molar-refractivity contribution in [2.75, 3.05) is 26.4 Å². The van der Waals surface area contributed by atoms with Gasteiger partial charge in [-0.25, -0.2) is 0 Å². The van der Waals surface area contributed by atoms with E-state index in [9.17, 15) is 4.79 Å². The molecule has 0 atom stereocenters. The van der Waals surface area contributed by atoms with Gasteiger partial charge in [0.2, 0.25) is 0 Å². The van der Waals surface area contributed by atoms with Gasteiger partial charge in [0.1, 0.15) is 5.71 Å². The van der Waals surface area contributed by atoms with Gasteiger partial charge in [-0.2, -0.15) is 5.10 Å². The van der Waals surface area contributed by atoms with Crippen molar-refractivity contribution in [3.05, 3.63) is 0 Å². The second kappa shape index (κ2) is 10.6. The molecule has 0 radical (unpaired) electrons. The molecule has 19 heavy (non-hydrogen) atoms. The Morgan fingerprint density at radius 1 is 1.26 bits per heavy atom. The first-order chi connectivity index (χ1) is 8.97. The maximum Gasteiger partial charge on any atom is 0.156 e. The summed E-state index contributed by atoms with van der Waals surface area (Å²) < 4.78 is 10.7. The van der Waals surface area contributed by atoms with Crippen LogP contribution in [-0.4, -0.2) is 50.2 Å². The first-order valence-corrected chi connectivity index (χ1v) is 6.46. The molecule has 0 aliphatic rings. The zero-order valence-corrected chi connectivity index (χ0v) is 12.3. The van der Waals surface area contributed by atoms with Gasteiger partial charge < -0.3 is 15.3 Å². The molecule has 0 aromatic carbocycles. The summed E-state index contributed by atoms with van der Waals surface area (Å²) in [6.45, 7) is 9.01. The number of rotatable bonds is 10. The summed E-state index contributed by atoms with van der Waals surface area (Å²) in [4.78, 5) is 15.3. The molecule has 0 rings (SSSR count). The summed E-state index contributed by atoms with van der Waals surface area (Å²) in [6, 6.07) is 0. The van der Waals surface area contributed by atoms with Crippen molar-refractivity contribution in [2.24, 2.45) is 21.9 Å². The van der Waals surface area contributed by atoms with Crippen molar-refractivity contribution in [1.82, 2.24) is 0 Å². The van der Waals surface area contributed by atoms with E-state index in [-0.39, 0.29) is 31.0 Å². The molecule has 0 aliphatic carbocycles. The van der Waals surface area contributed by atoms with E-state index in [4.69, 9.17) is 15.3 Å². The molecule has 0 aromatic heterocycles. The Kier molecular flexibility index (Phi) is 9.92. The summed E-state index contributed by atoms with van der Waals surface area (Å²) in [7, 11) is 0. The highest BCUT2D eigenvalue weighted by molar-refractivity contribution is 6.31. The van der Waals surface area contributed by atoms with Crippen LogP contribution in [0.15, 0.2) is 10.1 Å². The molecule has 2 N–H and O–H groups in total. The van der Waals surface area contributed by atoms with E-state index in [0.29, 0.717) is 18.9 Å². The largest absolute Gasteiger partial charge is 0.376 e. The maximum atomic E-state index is 11.3. The molecule has 0 bridgehead atoms. The van der Waals surface area contributed by atoms with Crippen LogP contribution in [0, 0.1) is 5.92 Å². The van der Waals surface area contributed by atoms with Crippen LogP contribution < -0.4 is 5.84 Å². The zero-order valence-electron chi connectivity index (χ0n) is 12.3. The van der Waals surface area contributed by atoms with E-state index in [1.807, 2.05) is 27.7 Å². The molecule has 0 amide bonds. The van der Waals surface area contributed by atoms with E-state index in [2.05, 4.69) is 10.1 Å². The lowest BCUT2D eigenvalue weighted by Gasteiger charge is -2.07. The minimum Gasteiger partial charge on any atom is -0.376 e. The van der Waals surface area contributed by atoms with E-state index >= 15 is 0 Å². The molecule has 110 valence electrons. The van der Waals surface area contributed by atoms with Crippen LogP contribution in [0.5, 0.6) is 0 Å². The molecular weight excluding hydrogens is 246 g/mol. The van der Waals surface area contributed by atoms with Crippen LogP contribution in [0.1, 0.15) is 27.7 Å². The Morgan fingerprint density at radius 2 is 1.95 bits per heavy atom. The van der Waals surface area contributed by atoms with Crippen molar-refractivity contribution in [1.29, 1.82) is 0 Å². The predicted octanol–water partition coefficient (Wildman–Crippen LogP) is 1.04. The Hall–Kier alpha value is -1.27. The van der Waals surface area contributed by atoms with Gasteiger partial charge in [0, 0.05) is 12.1 Å². The summed E-state index contributed by atoms with van der Waals surface area (Å²) in [5, 5.41) is 3.55. The van der Waals surface area contributed by atoms with Crippen LogP contribution in [0.4, 0.5) is 0 Å². The first-order valence-electron chi connectivity index (χ1n) is 6.46. The van der Waals surface area contributed by atoms with Gasteiger partial charge in [0.05, 0.1) is 32.5 Å². The highest BCUT2D eigenvalue weighted by Crippen LogP contribution is 1.93. The van der Waals surface area contributed by atoms with Crippen LogP contribution in [0.2, 0.25) is 0 Å². The van der Waals surface area contributed by atoms with Crippen molar-refractivity contribution in [2.45, 2.75) is 33.8 Å². The average molecular weight is 271 g/mol. The quantitative estimate of drug-likeness (QED) is 0.278. The van der Waals surface area contributed by atoms with Crippen molar-refractivity contribution < 1.29 is 14.3 Å². The van der Waals surface area contributed by atoms with Crippen LogP contribution in [-0.2, 0) is 14.3 Å². The summed E-state index contributed by atoms with van der Waals surface area (Å²) in [5.41, 5.74) is 0.501. The van der Waals surface area contributed by atoms with E-state index in [1.54, 1.807) is 0 Å². The highest BCUT2D eigenvalue weighted by Gasteiger charge is 2.05. The van der Waals surface area contributed by atoms with Gasteiger partial charge in [0.15, 0.2) is 5.78 Å². The average Bonchev–Trinajstić information content (AvgIpc) is 2.35. The van der Waals surface area contributed by atoms with Crippen LogP contribution >= 0.6 is 0 Å². The molecule has 0 aromatic rings. The number of hydrogen-bond donors (Lipinski definition) is 1. The standard InChI is InChI=1S/C13H25N3O3/c1-10(2)13(17)8-15-7-12(16-14)9-18-5-6-19-11(3)4/h7,10-11H,5-6,8-9,14H2,1-4H3/b15-7?,16-12+. The van der Waals surface area contributed by atoms with Gasteiger partial charge >= 0.3 is 0 Å². The number of ether oxygens (including phenoxy) is 2. The molecule has 0 aliphatic heterocycles. The Balaban J connectivity index is 3.84. The lowest BCUT2D eigenvalue weighted by Crippen LogP contribution is -2.17. The maximum absolute atomic E-state index is 11.3. The summed E-state index contributed by atoms with van der Waals surface area (Å²) >= 11 is 0. The summed E-state index contributed by atoms with van der Waals surface area (Å²) in [6.07, 6.45) is 1.67. The Labute approximate surface area is 115 Å². The molecule has 6 heteroatoms. The number of hydrogen-bond acceptors (Lipinski definition) is 6. The Morgan fingerprint density at radius 3 is 2.47 bits per heavy atom. The number of hydrazone groups is 1. The van der Waals surface area contributed by atoms with E-state index in [1.165, 1.54) is 6.21 Å². The number of aliphatic imine (C=N–C) groups is 1. The first kappa shape index (κ1) is 17.7. The van der Waals surface area contributed by atoms with Gasteiger partial charge in [-0.05, 0) is 13.8 Å². The Bertz CT molecular complexity index is 312. The predicted molar refractivity (Wildman–Crippen MR) is 76.7 cm³/mol. The fourth-order valence-corrected chi connectivity index (χ4v) is 1.05. The lowest BCUT2D eigenvalue weighted by atomic mass is 10.1. The second-order valence-electron chi connectivity index (χ2n) is 4.68. The number of nitrogens with zero attached hydrogens (tertiary/aromatic N) is 2.